The van der Waals surface area contributed by atoms with Gasteiger partial charge in [0.15, 0.2) is 5.65 Å². The first-order valence-electron chi connectivity index (χ1n) is 10.2. The molecule has 1 saturated carbocycles. The second kappa shape index (κ2) is 7.83. The molecule has 1 aromatic carbocycles. The third-order valence-corrected chi connectivity index (χ3v) is 6.00. The predicted molar refractivity (Wildman–Crippen MR) is 121 cm³/mol. The maximum atomic E-state index is 12.0. The minimum Gasteiger partial charge on any atom is -0.495 e. The van der Waals surface area contributed by atoms with Gasteiger partial charge in [0.2, 0.25) is 5.91 Å². The SMILES string of the molecule is COc1cccc(Nc2cc(N(C)C3CC3)n3ncc(/C=C4\CC(=O)NC4=O)c3n2)c1Cl. The second-order valence-electron chi connectivity index (χ2n) is 7.85. The van der Waals surface area contributed by atoms with E-state index in [2.05, 4.69) is 20.6 Å². The van der Waals surface area contributed by atoms with Gasteiger partial charge >= 0.3 is 0 Å². The first-order valence-corrected chi connectivity index (χ1v) is 10.6. The topological polar surface area (TPSA) is 101 Å². The van der Waals surface area contributed by atoms with Crippen molar-refractivity contribution in [3.05, 3.63) is 46.6 Å². The van der Waals surface area contributed by atoms with Crippen LogP contribution < -0.4 is 20.3 Å². The number of anilines is 3. The molecular weight excluding hydrogens is 432 g/mol. The van der Waals surface area contributed by atoms with Gasteiger partial charge in [-0.15, -0.1) is 0 Å². The lowest BCUT2D eigenvalue weighted by molar-refractivity contribution is -0.124. The summed E-state index contributed by atoms with van der Waals surface area (Å²) in [5.74, 6) is 1.29. The van der Waals surface area contributed by atoms with E-state index in [1.54, 1.807) is 30.0 Å². The van der Waals surface area contributed by atoms with Crippen LogP contribution in [-0.4, -0.2) is 46.6 Å². The van der Waals surface area contributed by atoms with Crippen LogP contribution in [0.3, 0.4) is 0 Å². The highest BCUT2D eigenvalue weighted by atomic mass is 35.5. The number of hydrogen-bond donors (Lipinski definition) is 2. The number of aromatic nitrogens is 3. The van der Waals surface area contributed by atoms with E-state index < -0.39 is 0 Å². The Morgan fingerprint density at radius 3 is 2.84 bits per heavy atom. The monoisotopic (exact) mass is 452 g/mol. The third-order valence-electron chi connectivity index (χ3n) is 5.61. The van der Waals surface area contributed by atoms with E-state index in [0.717, 1.165) is 18.7 Å². The van der Waals surface area contributed by atoms with Gasteiger partial charge in [-0.25, -0.2) is 4.98 Å². The number of hydrogen-bond acceptors (Lipinski definition) is 7. The molecule has 3 heterocycles. The van der Waals surface area contributed by atoms with Crippen LogP contribution in [0.2, 0.25) is 5.02 Å². The largest absolute Gasteiger partial charge is 0.495 e. The minimum absolute atomic E-state index is 0.0440. The average molecular weight is 453 g/mol. The number of nitrogens with one attached hydrogen (secondary N) is 2. The van der Waals surface area contributed by atoms with E-state index in [4.69, 9.17) is 21.3 Å². The fourth-order valence-electron chi connectivity index (χ4n) is 3.74. The van der Waals surface area contributed by atoms with Gasteiger partial charge in [0.05, 0.1) is 25.4 Å². The number of amides is 2. The van der Waals surface area contributed by atoms with Crippen molar-refractivity contribution >= 4 is 52.5 Å². The molecule has 10 heteroatoms. The van der Waals surface area contributed by atoms with Crippen molar-refractivity contribution in [3.63, 3.8) is 0 Å². The van der Waals surface area contributed by atoms with Gasteiger partial charge in [-0.05, 0) is 31.1 Å². The molecule has 9 nitrogen and oxygen atoms in total. The van der Waals surface area contributed by atoms with Crippen LogP contribution in [0.25, 0.3) is 11.7 Å². The number of carbonyl (C=O) groups excluding carboxylic acids is 2. The molecule has 2 N–H and O–H groups in total. The molecule has 1 saturated heterocycles. The first-order chi connectivity index (χ1) is 15.4. The summed E-state index contributed by atoms with van der Waals surface area (Å²) in [4.78, 5) is 30.5. The fraction of sp³-hybridized carbons (Fsp3) is 0.273. The highest BCUT2D eigenvalue weighted by molar-refractivity contribution is 6.34. The lowest BCUT2D eigenvalue weighted by atomic mass is 10.1. The number of benzene rings is 1. The molecule has 32 heavy (non-hydrogen) atoms. The molecule has 1 aliphatic heterocycles. The van der Waals surface area contributed by atoms with E-state index >= 15 is 0 Å². The van der Waals surface area contributed by atoms with Gasteiger partial charge in [-0.2, -0.15) is 9.61 Å². The highest BCUT2D eigenvalue weighted by Gasteiger charge is 2.29. The Morgan fingerprint density at radius 2 is 2.16 bits per heavy atom. The molecule has 0 unspecified atom stereocenters. The summed E-state index contributed by atoms with van der Waals surface area (Å²) >= 11 is 6.46. The van der Waals surface area contributed by atoms with E-state index in [1.165, 1.54) is 0 Å². The van der Waals surface area contributed by atoms with Crippen molar-refractivity contribution in [2.45, 2.75) is 25.3 Å². The highest BCUT2D eigenvalue weighted by Crippen LogP contribution is 2.36. The van der Waals surface area contributed by atoms with Gasteiger partial charge in [-0.1, -0.05) is 17.7 Å². The van der Waals surface area contributed by atoms with Crippen molar-refractivity contribution in [3.8, 4) is 5.75 Å². The van der Waals surface area contributed by atoms with Gasteiger partial charge in [0, 0.05) is 30.3 Å². The van der Waals surface area contributed by atoms with Crippen molar-refractivity contribution < 1.29 is 14.3 Å². The summed E-state index contributed by atoms with van der Waals surface area (Å²) in [5.41, 5.74) is 2.26. The Morgan fingerprint density at radius 1 is 1.34 bits per heavy atom. The summed E-state index contributed by atoms with van der Waals surface area (Å²) in [6, 6.07) is 7.82. The predicted octanol–water partition coefficient (Wildman–Crippen LogP) is 3.16. The van der Waals surface area contributed by atoms with Crippen LogP contribution in [0.15, 0.2) is 36.0 Å². The van der Waals surface area contributed by atoms with Crippen molar-refractivity contribution in [2.24, 2.45) is 0 Å². The lowest BCUT2D eigenvalue weighted by Gasteiger charge is -2.20. The summed E-state index contributed by atoms with van der Waals surface area (Å²) in [7, 11) is 3.59. The average Bonchev–Trinajstić information content (AvgIpc) is 3.48. The molecule has 0 spiro atoms. The molecule has 3 aromatic rings. The fourth-order valence-corrected chi connectivity index (χ4v) is 3.99. The number of rotatable bonds is 6. The molecule has 0 radical (unpaired) electrons. The molecule has 5 rings (SSSR count). The Kier molecular flexibility index (Phi) is 4.97. The van der Waals surface area contributed by atoms with Crippen LogP contribution in [0.1, 0.15) is 24.8 Å². The maximum Gasteiger partial charge on any atom is 0.254 e. The van der Waals surface area contributed by atoms with Crippen molar-refractivity contribution in [2.75, 3.05) is 24.4 Å². The smallest absolute Gasteiger partial charge is 0.254 e. The molecule has 164 valence electrons. The van der Waals surface area contributed by atoms with Crippen molar-refractivity contribution in [1.82, 2.24) is 19.9 Å². The van der Waals surface area contributed by atoms with Crippen LogP contribution in [0.5, 0.6) is 5.75 Å². The number of imide groups is 1. The number of fused-ring (bicyclic) bond motifs is 1. The van der Waals surface area contributed by atoms with E-state index in [9.17, 15) is 9.59 Å². The molecule has 2 amide bonds. The number of halogens is 1. The van der Waals surface area contributed by atoms with Crippen LogP contribution in [0, 0.1) is 0 Å². The summed E-state index contributed by atoms with van der Waals surface area (Å²) in [5, 5.41) is 10.5. The van der Waals surface area contributed by atoms with Crippen LogP contribution in [-0.2, 0) is 9.59 Å². The Hall–Kier alpha value is -3.59. The van der Waals surface area contributed by atoms with Gasteiger partial charge in [-0.3, -0.25) is 14.9 Å². The number of methoxy groups -OCH3 is 1. The molecular formula is C22H21ClN6O3. The standard InChI is InChI=1S/C22H21ClN6O3/c1-28(14-6-7-14)19-10-17(25-15-4-3-5-16(32-2)20(15)23)26-21-13(11-24-29(19)21)8-12-9-18(30)27-22(12)31/h3-5,8,10-11,14H,6-7,9H2,1-2H3,(H,25,26)(H,27,30,31)/b12-8+. The van der Waals surface area contributed by atoms with E-state index in [1.807, 2.05) is 25.2 Å². The van der Waals surface area contributed by atoms with Gasteiger partial charge < -0.3 is 15.0 Å². The molecule has 1 aliphatic carbocycles. The zero-order valence-electron chi connectivity index (χ0n) is 17.6. The Labute approximate surface area is 189 Å². The minimum atomic E-state index is -0.387. The number of carbonyl (C=O) groups is 2. The molecule has 2 fully saturated rings. The lowest BCUT2D eigenvalue weighted by Crippen LogP contribution is -2.23. The number of ether oxygens (including phenoxy) is 1. The van der Waals surface area contributed by atoms with Crippen molar-refractivity contribution in [1.29, 1.82) is 0 Å². The number of nitrogens with zero attached hydrogens (tertiary/aromatic N) is 4. The first kappa shape index (κ1) is 20.3. The third kappa shape index (κ3) is 3.64. The van der Waals surface area contributed by atoms with Gasteiger partial charge in [0.25, 0.3) is 5.91 Å². The maximum absolute atomic E-state index is 12.0. The van der Waals surface area contributed by atoms with E-state index in [0.29, 0.717) is 45.1 Å². The summed E-state index contributed by atoms with van der Waals surface area (Å²) in [6.07, 6.45) is 5.59. The summed E-state index contributed by atoms with van der Waals surface area (Å²) in [6.45, 7) is 0. The van der Waals surface area contributed by atoms with E-state index in [-0.39, 0.29) is 18.2 Å². The quantitative estimate of drug-likeness (QED) is 0.437. The normalized spacial score (nSPS) is 17.2. The molecule has 0 bridgehead atoms. The summed E-state index contributed by atoms with van der Waals surface area (Å²) < 4.78 is 7.06. The molecule has 2 aliphatic rings. The Balaban J connectivity index is 1.61. The van der Waals surface area contributed by atoms with Crippen LogP contribution >= 0.6 is 11.6 Å². The van der Waals surface area contributed by atoms with Crippen LogP contribution in [0.4, 0.5) is 17.3 Å². The Bertz CT molecular complexity index is 1280. The zero-order chi connectivity index (χ0) is 22.4. The zero-order valence-corrected chi connectivity index (χ0v) is 18.3. The molecule has 0 atom stereocenters. The van der Waals surface area contributed by atoms with Gasteiger partial charge in [0.1, 0.15) is 22.4 Å². The second-order valence-corrected chi connectivity index (χ2v) is 8.23. The molecule has 2 aromatic heterocycles.